The molecule has 0 saturated heterocycles. The van der Waals surface area contributed by atoms with Crippen LogP contribution in [-0.4, -0.2) is 5.97 Å². The zero-order valence-electron chi connectivity index (χ0n) is 7.21. The number of para-hydroxylation sites is 1. The number of benzene rings is 1. The molecular weight excluding hydrogens is 188 g/mol. The molecule has 0 unspecified atom stereocenters. The summed E-state index contributed by atoms with van der Waals surface area (Å²) in [6.07, 6.45) is 1.10. The molecular formula is C10H9ClO2. The number of ether oxygens (including phenoxy) is 1. The summed E-state index contributed by atoms with van der Waals surface area (Å²) in [6, 6.07) is 5.28. The zero-order chi connectivity index (χ0) is 9.84. The minimum absolute atomic E-state index is 0.397. The van der Waals surface area contributed by atoms with Crippen LogP contribution in [0.1, 0.15) is 5.56 Å². The monoisotopic (exact) mass is 196 g/mol. The van der Waals surface area contributed by atoms with Gasteiger partial charge in [0.25, 0.3) is 0 Å². The molecule has 0 aromatic heterocycles. The van der Waals surface area contributed by atoms with Gasteiger partial charge >= 0.3 is 5.97 Å². The van der Waals surface area contributed by atoms with Crippen LogP contribution in [0.5, 0.6) is 5.75 Å². The highest BCUT2D eigenvalue weighted by Gasteiger charge is 2.07. The number of aryl methyl sites for hydroxylation is 1. The molecule has 0 amide bonds. The Morgan fingerprint density at radius 1 is 1.62 bits per heavy atom. The molecule has 3 heteroatoms. The summed E-state index contributed by atoms with van der Waals surface area (Å²) < 4.78 is 4.94. The van der Waals surface area contributed by atoms with Crippen molar-refractivity contribution in [1.82, 2.24) is 0 Å². The van der Waals surface area contributed by atoms with Gasteiger partial charge in [0.2, 0.25) is 0 Å². The van der Waals surface area contributed by atoms with Gasteiger partial charge in [-0.15, -0.1) is 0 Å². The van der Waals surface area contributed by atoms with E-state index in [1.165, 1.54) is 0 Å². The van der Waals surface area contributed by atoms with Gasteiger partial charge in [0.1, 0.15) is 0 Å². The number of carbonyl (C=O) groups is 1. The molecule has 0 fully saturated rings. The van der Waals surface area contributed by atoms with Crippen molar-refractivity contribution in [2.75, 3.05) is 0 Å². The van der Waals surface area contributed by atoms with Gasteiger partial charge < -0.3 is 4.74 Å². The van der Waals surface area contributed by atoms with Crippen molar-refractivity contribution in [3.05, 3.63) is 41.4 Å². The maximum atomic E-state index is 10.9. The maximum absolute atomic E-state index is 10.9. The van der Waals surface area contributed by atoms with Gasteiger partial charge in [-0.1, -0.05) is 30.3 Å². The lowest BCUT2D eigenvalue weighted by Gasteiger charge is -2.06. The highest BCUT2D eigenvalue weighted by atomic mass is 35.5. The largest absolute Gasteiger partial charge is 0.422 e. The van der Waals surface area contributed by atoms with Gasteiger partial charge in [-0.3, -0.25) is 0 Å². The van der Waals surface area contributed by atoms with E-state index in [0.717, 1.165) is 11.6 Å². The average molecular weight is 197 g/mol. The molecule has 0 heterocycles. The summed E-state index contributed by atoms with van der Waals surface area (Å²) in [5.41, 5.74) is 0.822. The average Bonchev–Trinajstić information content (AvgIpc) is 2.11. The standard InChI is InChI=1S/C10H9ClO2/c1-3-9(12)13-10-7(2)5-4-6-8(10)11/h3-6H,1H2,2H3. The summed E-state index contributed by atoms with van der Waals surface area (Å²) in [4.78, 5) is 10.9. The lowest BCUT2D eigenvalue weighted by atomic mass is 10.2. The Bertz CT molecular complexity index is 325. The van der Waals surface area contributed by atoms with E-state index in [1.54, 1.807) is 12.1 Å². The number of esters is 1. The number of halogens is 1. The molecule has 0 atom stereocenters. The normalized spacial score (nSPS) is 9.38. The topological polar surface area (TPSA) is 26.3 Å². The molecule has 68 valence electrons. The second kappa shape index (κ2) is 4.10. The first kappa shape index (κ1) is 9.81. The van der Waals surface area contributed by atoms with Gasteiger partial charge in [0, 0.05) is 6.08 Å². The Morgan fingerprint density at radius 3 is 2.85 bits per heavy atom. The number of hydrogen-bond donors (Lipinski definition) is 0. The highest BCUT2D eigenvalue weighted by molar-refractivity contribution is 6.32. The van der Waals surface area contributed by atoms with Gasteiger partial charge in [0.05, 0.1) is 5.02 Å². The molecule has 1 aromatic carbocycles. The highest BCUT2D eigenvalue weighted by Crippen LogP contribution is 2.27. The Labute approximate surface area is 81.8 Å². The summed E-state index contributed by atoms with van der Waals surface area (Å²) in [5.74, 6) is -0.106. The maximum Gasteiger partial charge on any atom is 0.335 e. The third kappa shape index (κ3) is 2.33. The summed E-state index contributed by atoms with van der Waals surface area (Å²) in [5, 5.41) is 0.426. The predicted molar refractivity (Wildman–Crippen MR) is 52.0 cm³/mol. The third-order valence-corrected chi connectivity index (χ3v) is 1.83. The first-order valence-electron chi connectivity index (χ1n) is 3.74. The first-order valence-corrected chi connectivity index (χ1v) is 4.12. The summed E-state index contributed by atoms with van der Waals surface area (Å²) in [7, 11) is 0. The zero-order valence-corrected chi connectivity index (χ0v) is 7.97. The SMILES string of the molecule is C=CC(=O)Oc1c(C)cccc1Cl. The van der Waals surface area contributed by atoms with Crippen molar-refractivity contribution in [1.29, 1.82) is 0 Å². The minimum atomic E-state index is -0.504. The lowest BCUT2D eigenvalue weighted by molar-refractivity contribution is -0.129. The summed E-state index contributed by atoms with van der Waals surface area (Å²) >= 11 is 5.82. The smallest absolute Gasteiger partial charge is 0.335 e. The molecule has 0 N–H and O–H groups in total. The van der Waals surface area contributed by atoms with Crippen molar-refractivity contribution in [3.8, 4) is 5.75 Å². The molecule has 1 aromatic rings. The van der Waals surface area contributed by atoms with E-state index >= 15 is 0 Å². The predicted octanol–water partition coefficient (Wildman–Crippen LogP) is 2.74. The van der Waals surface area contributed by atoms with Crippen LogP contribution in [0.25, 0.3) is 0 Å². The Hall–Kier alpha value is -1.28. The molecule has 0 aliphatic carbocycles. The second-order valence-corrected chi connectivity index (χ2v) is 2.92. The van der Waals surface area contributed by atoms with E-state index in [4.69, 9.17) is 16.3 Å². The molecule has 0 aliphatic rings. The molecule has 2 nitrogen and oxygen atoms in total. The van der Waals surface area contributed by atoms with E-state index in [-0.39, 0.29) is 0 Å². The fourth-order valence-corrected chi connectivity index (χ4v) is 1.15. The number of carbonyl (C=O) groups excluding carboxylic acids is 1. The number of hydrogen-bond acceptors (Lipinski definition) is 2. The molecule has 13 heavy (non-hydrogen) atoms. The molecule has 0 spiro atoms. The van der Waals surface area contributed by atoms with Crippen molar-refractivity contribution in [3.63, 3.8) is 0 Å². The van der Waals surface area contributed by atoms with Crippen molar-refractivity contribution >= 4 is 17.6 Å². The minimum Gasteiger partial charge on any atom is -0.422 e. The third-order valence-electron chi connectivity index (χ3n) is 1.53. The van der Waals surface area contributed by atoms with Crippen molar-refractivity contribution < 1.29 is 9.53 Å². The number of rotatable bonds is 2. The van der Waals surface area contributed by atoms with Crippen molar-refractivity contribution in [2.24, 2.45) is 0 Å². The van der Waals surface area contributed by atoms with Crippen LogP contribution in [0.2, 0.25) is 5.02 Å². The first-order chi connectivity index (χ1) is 6.15. The van der Waals surface area contributed by atoms with E-state index in [1.807, 2.05) is 13.0 Å². The van der Waals surface area contributed by atoms with Crippen LogP contribution in [0.3, 0.4) is 0 Å². The molecule has 0 saturated carbocycles. The van der Waals surface area contributed by atoms with E-state index in [2.05, 4.69) is 6.58 Å². The van der Waals surface area contributed by atoms with E-state index in [0.29, 0.717) is 10.8 Å². The fourth-order valence-electron chi connectivity index (χ4n) is 0.888. The van der Waals surface area contributed by atoms with Gasteiger partial charge in [0.15, 0.2) is 5.75 Å². The Kier molecular flexibility index (Phi) is 3.09. The fraction of sp³-hybridized carbons (Fsp3) is 0.100. The van der Waals surface area contributed by atoms with Crippen LogP contribution >= 0.6 is 11.6 Å². The van der Waals surface area contributed by atoms with Crippen LogP contribution in [0, 0.1) is 6.92 Å². The lowest BCUT2D eigenvalue weighted by Crippen LogP contribution is -2.04. The van der Waals surface area contributed by atoms with Crippen LogP contribution in [0.15, 0.2) is 30.9 Å². The molecule has 0 bridgehead atoms. The van der Waals surface area contributed by atoms with Crippen LogP contribution in [-0.2, 0) is 4.79 Å². The second-order valence-electron chi connectivity index (χ2n) is 2.51. The Morgan fingerprint density at radius 2 is 2.31 bits per heavy atom. The quantitative estimate of drug-likeness (QED) is 0.413. The van der Waals surface area contributed by atoms with Gasteiger partial charge in [-0.2, -0.15) is 0 Å². The Balaban J connectivity index is 2.99. The molecule has 0 aliphatic heterocycles. The van der Waals surface area contributed by atoms with E-state index in [9.17, 15) is 4.79 Å². The molecule has 0 radical (unpaired) electrons. The van der Waals surface area contributed by atoms with E-state index < -0.39 is 5.97 Å². The molecule has 1 rings (SSSR count). The summed E-state index contributed by atoms with van der Waals surface area (Å²) in [6.45, 7) is 5.12. The van der Waals surface area contributed by atoms with Crippen molar-refractivity contribution in [2.45, 2.75) is 6.92 Å². The van der Waals surface area contributed by atoms with Crippen LogP contribution in [0.4, 0.5) is 0 Å². The van der Waals surface area contributed by atoms with Crippen LogP contribution < -0.4 is 4.74 Å². The van der Waals surface area contributed by atoms with Gasteiger partial charge in [-0.25, -0.2) is 4.79 Å². The van der Waals surface area contributed by atoms with Gasteiger partial charge in [-0.05, 0) is 18.6 Å².